The van der Waals surface area contributed by atoms with Gasteiger partial charge in [0, 0.05) is 10.6 Å². The van der Waals surface area contributed by atoms with Gasteiger partial charge in [0.05, 0.1) is 0 Å². The van der Waals surface area contributed by atoms with E-state index in [-0.39, 0.29) is 10.3 Å². The van der Waals surface area contributed by atoms with Crippen molar-refractivity contribution in [2.45, 2.75) is 11.3 Å². The molecule has 0 atom stereocenters. The molecule has 0 heterocycles. The van der Waals surface area contributed by atoms with E-state index >= 15 is 0 Å². The lowest BCUT2D eigenvalue weighted by Crippen LogP contribution is -2.05. The lowest BCUT2D eigenvalue weighted by atomic mass is 10.0. The number of nitrogens with two attached hydrogens (primary N) is 2. The Balaban J connectivity index is 2.06. The van der Waals surface area contributed by atoms with Crippen LogP contribution < -0.4 is 11.5 Å². The van der Waals surface area contributed by atoms with Crippen molar-refractivity contribution in [2.75, 3.05) is 5.75 Å². The van der Waals surface area contributed by atoms with E-state index in [0.717, 1.165) is 28.2 Å². The van der Waals surface area contributed by atoms with Crippen molar-refractivity contribution < 1.29 is 0 Å². The molecule has 0 aliphatic heterocycles. The predicted molar refractivity (Wildman–Crippen MR) is 97.7 cm³/mol. The van der Waals surface area contributed by atoms with Crippen LogP contribution in [0.3, 0.4) is 0 Å². The van der Waals surface area contributed by atoms with Gasteiger partial charge in [0.1, 0.15) is 0 Å². The summed E-state index contributed by atoms with van der Waals surface area (Å²) in [6, 6.07) is 16.4. The molecule has 4 nitrogen and oxygen atoms in total. The molecular formula is C16H18N4S2. The summed E-state index contributed by atoms with van der Waals surface area (Å²) in [5.41, 5.74) is 14.2. The summed E-state index contributed by atoms with van der Waals surface area (Å²) >= 11 is 2.61. The average molecular weight is 330 g/mol. The maximum Gasteiger partial charge on any atom is 0.155 e. The minimum Gasteiger partial charge on any atom is -0.379 e. The van der Waals surface area contributed by atoms with Gasteiger partial charge in [-0.2, -0.15) is 0 Å². The van der Waals surface area contributed by atoms with Crippen molar-refractivity contribution >= 4 is 33.9 Å². The van der Waals surface area contributed by atoms with E-state index < -0.39 is 0 Å². The Bertz CT molecular complexity index is 668. The molecule has 6 N–H and O–H groups in total. The maximum atomic E-state index is 7.34. The van der Waals surface area contributed by atoms with E-state index in [9.17, 15) is 0 Å². The zero-order chi connectivity index (χ0) is 15.9. The molecule has 2 aromatic rings. The van der Waals surface area contributed by atoms with Crippen LogP contribution in [0, 0.1) is 10.8 Å². The van der Waals surface area contributed by atoms with Gasteiger partial charge in [0.15, 0.2) is 10.3 Å². The van der Waals surface area contributed by atoms with E-state index in [2.05, 4.69) is 24.3 Å². The van der Waals surface area contributed by atoms with E-state index in [1.54, 1.807) is 0 Å². The molecule has 2 rings (SSSR count). The summed E-state index contributed by atoms with van der Waals surface area (Å²) in [7, 11) is 0. The maximum absolute atomic E-state index is 7.34. The van der Waals surface area contributed by atoms with Crippen LogP contribution in [-0.2, 0) is 6.42 Å². The SMILES string of the molecule is N=C(N)SCCc1ccc(-c2cccc(SC(=N)N)c2)cc1. The molecule has 0 aliphatic carbocycles. The highest BCUT2D eigenvalue weighted by molar-refractivity contribution is 8.13. The Labute approximate surface area is 138 Å². The van der Waals surface area contributed by atoms with Gasteiger partial charge in [-0.05, 0) is 35.2 Å². The van der Waals surface area contributed by atoms with Gasteiger partial charge in [0.2, 0.25) is 0 Å². The lowest BCUT2D eigenvalue weighted by molar-refractivity contribution is 1.16. The van der Waals surface area contributed by atoms with Crippen molar-refractivity contribution in [3.8, 4) is 11.1 Å². The minimum atomic E-state index is 0.0930. The van der Waals surface area contributed by atoms with Gasteiger partial charge in [-0.1, -0.05) is 59.9 Å². The summed E-state index contributed by atoms with van der Waals surface area (Å²) in [6.07, 6.45) is 0.894. The molecule has 0 aromatic heterocycles. The third kappa shape index (κ3) is 5.13. The highest BCUT2D eigenvalue weighted by atomic mass is 32.2. The number of amidine groups is 2. The van der Waals surface area contributed by atoms with Gasteiger partial charge in [-0.15, -0.1) is 0 Å². The Morgan fingerprint density at radius 2 is 1.64 bits per heavy atom. The number of benzene rings is 2. The molecule has 0 amide bonds. The summed E-state index contributed by atoms with van der Waals surface area (Å²) in [5.74, 6) is 0.819. The second-order valence-corrected chi connectivity index (χ2v) is 6.91. The molecule has 0 spiro atoms. The third-order valence-electron chi connectivity index (χ3n) is 3.00. The van der Waals surface area contributed by atoms with Crippen LogP contribution in [0.5, 0.6) is 0 Å². The molecule has 6 heteroatoms. The first kappa shape index (κ1) is 16.5. The number of aryl methyl sites for hydroxylation is 1. The van der Waals surface area contributed by atoms with Crippen molar-refractivity contribution in [2.24, 2.45) is 11.5 Å². The summed E-state index contributed by atoms with van der Waals surface area (Å²) in [5, 5.41) is 14.8. The Morgan fingerprint density at radius 1 is 0.909 bits per heavy atom. The molecular weight excluding hydrogens is 312 g/mol. The van der Waals surface area contributed by atoms with Gasteiger partial charge < -0.3 is 11.5 Å². The molecule has 22 heavy (non-hydrogen) atoms. The van der Waals surface area contributed by atoms with Crippen molar-refractivity contribution in [3.05, 3.63) is 54.1 Å². The van der Waals surface area contributed by atoms with E-state index in [4.69, 9.17) is 22.3 Å². The molecule has 0 aliphatic rings. The van der Waals surface area contributed by atoms with Gasteiger partial charge >= 0.3 is 0 Å². The molecule has 0 bridgehead atoms. The van der Waals surface area contributed by atoms with Crippen LogP contribution in [0.2, 0.25) is 0 Å². The number of nitrogens with one attached hydrogen (secondary N) is 2. The molecule has 0 unspecified atom stereocenters. The summed E-state index contributed by atoms with van der Waals surface area (Å²) in [6.45, 7) is 0. The van der Waals surface area contributed by atoms with Gasteiger partial charge in [0.25, 0.3) is 0 Å². The van der Waals surface area contributed by atoms with E-state index in [1.807, 2.05) is 24.3 Å². The van der Waals surface area contributed by atoms with Gasteiger partial charge in [-0.3, -0.25) is 10.8 Å². The fourth-order valence-electron chi connectivity index (χ4n) is 2.01. The third-order valence-corrected chi connectivity index (χ3v) is 4.43. The fraction of sp³-hybridized carbons (Fsp3) is 0.125. The van der Waals surface area contributed by atoms with E-state index in [0.29, 0.717) is 0 Å². The highest BCUT2D eigenvalue weighted by Crippen LogP contribution is 2.26. The van der Waals surface area contributed by atoms with Crippen LogP contribution in [0.1, 0.15) is 5.56 Å². The van der Waals surface area contributed by atoms with Crippen LogP contribution in [0.25, 0.3) is 11.1 Å². The molecule has 0 saturated heterocycles. The van der Waals surface area contributed by atoms with Crippen LogP contribution >= 0.6 is 23.5 Å². The molecule has 2 aromatic carbocycles. The summed E-state index contributed by atoms with van der Waals surface area (Å²) in [4.78, 5) is 0.965. The lowest BCUT2D eigenvalue weighted by Gasteiger charge is -2.06. The average Bonchev–Trinajstić information content (AvgIpc) is 2.47. The Hall–Kier alpha value is -1.92. The Morgan fingerprint density at radius 3 is 2.27 bits per heavy atom. The molecule has 114 valence electrons. The normalized spacial score (nSPS) is 10.4. The zero-order valence-corrected chi connectivity index (χ0v) is 13.6. The van der Waals surface area contributed by atoms with Crippen LogP contribution in [0.15, 0.2) is 53.4 Å². The Kier molecular flexibility index (Phi) is 5.91. The van der Waals surface area contributed by atoms with Crippen LogP contribution in [-0.4, -0.2) is 16.1 Å². The molecule has 0 saturated carbocycles. The number of rotatable bonds is 5. The minimum absolute atomic E-state index is 0.0930. The standard InChI is InChI=1S/C16H18N4S2/c17-15(18)21-9-8-11-4-6-12(7-5-11)13-2-1-3-14(10-13)22-16(19)20/h1-7,10H,8-9H2,(H3,17,18)(H3,19,20). The number of thioether (sulfide) groups is 2. The van der Waals surface area contributed by atoms with Crippen molar-refractivity contribution in [1.29, 1.82) is 10.8 Å². The quantitative estimate of drug-likeness (QED) is 0.383. The molecule has 0 radical (unpaired) electrons. The second kappa shape index (κ2) is 7.91. The van der Waals surface area contributed by atoms with Crippen LogP contribution in [0.4, 0.5) is 0 Å². The highest BCUT2D eigenvalue weighted by Gasteiger charge is 2.02. The largest absolute Gasteiger partial charge is 0.379 e. The summed E-state index contributed by atoms with van der Waals surface area (Å²) < 4.78 is 0. The number of hydrogen-bond donors (Lipinski definition) is 4. The van der Waals surface area contributed by atoms with Gasteiger partial charge in [-0.25, -0.2) is 0 Å². The second-order valence-electron chi connectivity index (χ2n) is 4.65. The number of hydrogen-bond acceptors (Lipinski definition) is 4. The topological polar surface area (TPSA) is 99.7 Å². The van der Waals surface area contributed by atoms with E-state index in [1.165, 1.54) is 29.1 Å². The predicted octanol–water partition coefficient (Wildman–Crippen LogP) is 3.51. The van der Waals surface area contributed by atoms with Crippen molar-refractivity contribution in [1.82, 2.24) is 0 Å². The first-order valence-electron chi connectivity index (χ1n) is 6.72. The first-order chi connectivity index (χ1) is 10.5. The van der Waals surface area contributed by atoms with Crippen molar-refractivity contribution in [3.63, 3.8) is 0 Å². The first-order valence-corrected chi connectivity index (χ1v) is 8.53. The zero-order valence-electron chi connectivity index (χ0n) is 12.0. The molecule has 0 fully saturated rings. The monoisotopic (exact) mass is 330 g/mol. The fourth-order valence-corrected chi connectivity index (χ4v) is 3.15. The smallest absolute Gasteiger partial charge is 0.155 e.